The second-order valence-corrected chi connectivity index (χ2v) is 5.31. The molecule has 0 aliphatic carbocycles. The Bertz CT molecular complexity index is 486. The van der Waals surface area contributed by atoms with Crippen LogP contribution in [0.1, 0.15) is 20.8 Å². The summed E-state index contributed by atoms with van der Waals surface area (Å²) in [5.41, 5.74) is 6.16. The van der Waals surface area contributed by atoms with E-state index in [9.17, 15) is 4.79 Å². The lowest BCUT2D eigenvalue weighted by molar-refractivity contribution is -0.119. The van der Waals surface area contributed by atoms with E-state index in [0.717, 1.165) is 0 Å². The number of rotatable bonds is 4. The highest BCUT2D eigenvalue weighted by molar-refractivity contribution is 5.95. The van der Waals surface area contributed by atoms with E-state index >= 15 is 0 Å². The summed E-state index contributed by atoms with van der Waals surface area (Å²) in [7, 11) is 0. The summed E-state index contributed by atoms with van der Waals surface area (Å²) < 4.78 is 5.16. The topological polar surface area (TPSA) is 88.1 Å². The largest absolute Gasteiger partial charge is 0.479 e. The molecule has 0 radical (unpaired) electrons. The molecule has 0 aliphatic heterocycles. The monoisotopic (exact) mass is 261 g/mol. The molecule has 3 N–H and O–H groups in total. The molecule has 102 valence electrons. The quantitative estimate of drug-likeness (QED) is 0.866. The van der Waals surface area contributed by atoms with E-state index in [1.165, 1.54) is 0 Å². The third-order valence-corrected chi connectivity index (χ3v) is 2.62. The number of benzene rings is 1. The average Bonchev–Trinajstić information content (AvgIpc) is 2.34. The summed E-state index contributed by atoms with van der Waals surface area (Å²) in [6, 6.07) is 8.14. The molecule has 0 heterocycles. The van der Waals surface area contributed by atoms with E-state index in [2.05, 4.69) is 5.32 Å². The normalized spacial score (nSPS) is 12.4. The van der Waals surface area contributed by atoms with Crippen LogP contribution in [0.15, 0.2) is 24.3 Å². The maximum atomic E-state index is 12.0. The maximum Gasteiger partial charge on any atom is 0.241 e. The fourth-order valence-corrected chi connectivity index (χ4v) is 1.39. The maximum absolute atomic E-state index is 12.0. The van der Waals surface area contributed by atoms with E-state index in [1.807, 2.05) is 26.8 Å². The molecule has 0 saturated carbocycles. The van der Waals surface area contributed by atoms with Gasteiger partial charge in [0.25, 0.3) is 0 Å². The number of carbonyl (C=O) groups is 1. The molecule has 1 amide bonds. The zero-order valence-corrected chi connectivity index (χ0v) is 11.4. The van der Waals surface area contributed by atoms with E-state index in [1.54, 1.807) is 24.3 Å². The molecule has 19 heavy (non-hydrogen) atoms. The molecule has 0 bridgehead atoms. The highest BCUT2D eigenvalue weighted by Gasteiger charge is 2.27. The minimum absolute atomic E-state index is 0.0289. The van der Waals surface area contributed by atoms with Crippen molar-refractivity contribution in [1.82, 2.24) is 0 Å². The Morgan fingerprint density at radius 2 is 2.21 bits per heavy atom. The van der Waals surface area contributed by atoms with Crippen LogP contribution in [0.3, 0.4) is 0 Å². The van der Waals surface area contributed by atoms with Gasteiger partial charge in [0.15, 0.2) is 6.61 Å². The van der Waals surface area contributed by atoms with Crippen LogP contribution in [0, 0.1) is 16.7 Å². The van der Waals surface area contributed by atoms with Crippen molar-refractivity contribution >= 4 is 11.6 Å². The number of nitrogens with zero attached hydrogens (tertiary/aromatic N) is 1. The minimum Gasteiger partial charge on any atom is -0.479 e. The number of hydrogen-bond donors (Lipinski definition) is 2. The predicted molar refractivity (Wildman–Crippen MR) is 73.6 cm³/mol. The van der Waals surface area contributed by atoms with Crippen LogP contribution in [0.25, 0.3) is 0 Å². The van der Waals surface area contributed by atoms with Gasteiger partial charge < -0.3 is 15.8 Å². The lowest BCUT2D eigenvalue weighted by Gasteiger charge is -2.25. The Kier molecular flexibility index (Phi) is 4.90. The van der Waals surface area contributed by atoms with Gasteiger partial charge in [0.1, 0.15) is 11.8 Å². The molecule has 5 heteroatoms. The van der Waals surface area contributed by atoms with Crippen molar-refractivity contribution in [3.63, 3.8) is 0 Å². The number of amides is 1. The summed E-state index contributed by atoms with van der Waals surface area (Å²) in [5.74, 6) is 0.286. The first-order valence-corrected chi connectivity index (χ1v) is 6.01. The molecule has 0 unspecified atom stereocenters. The first-order chi connectivity index (χ1) is 8.84. The van der Waals surface area contributed by atoms with Crippen LogP contribution in [-0.2, 0) is 4.79 Å². The van der Waals surface area contributed by atoms with Crippen molar-refractivity contribution in [2.45, 2.75) is 26.8 Å². The average molecular weight is 261 g/mol. The first-order valence-electron chi connectivity index (χ1n) is 6.01. The molecule has 1 aromatic carbocycles. The number of nitrogens with one attached hydrogen (secondary N) is 1. The molecule has 0 aliphatic rings. The number of nitriles is 1. The summed E-state index contributed by atoms with van der Waals surface area (Å²) in [6.07, 6.45) is 0. The van der Waals surface area contributed by atoms with Crippen LogP contribution in [-0.4, -0.2) is 18.6 Å². The summed E-state index contributed by atoms with van der Waals surface area (Å²) in [5, 5.41) is 11.2. The second kappa shape index (κ2) is 6.21. The zero-order valence-electron chi connectivity index (χ0n) is 11.4. The number of nitrogens with two attached hydrogens (primary N) is 1. The summed E-state index contributed by atoms with van der Waals surface area (Å²) >= 11 is 0. The molecule has 0 spiro atoms. The highest BCUT2D eigenvalue weighted by Crippen LogP contribution is 2.21. The van der Waals surface area contributed by atoms with E-state index < -0.39 is 6.04 Å². The molecule has 0 fully saturated rings. The number of carbonyl (C=O) groups excluding carboxylic acids is 1. The molecule has 0 saturated heterocycles. The van der Waals surface area contributed by atoms with Gasteiger partial charge in [-0.2, -0.15) is 5.26 Å². The van der Waals surface area contributed by atoms with E-state index in [-0.39, 0.29) is 17.9 Å². The van der Waals surface area contributed by atoms with Crippen molar-refractivity contribution in [2.24, 2.45) is 11.1 Å². The number of ether oxygens (including phenoxy) is 1. The Morgan fingerprint density at radius 3 is 2.79 bits per heavy atom. The highest BCUT2D eigenvalue weighted by atomic mass is 16.5. The van der Waals surface area contributed by atoms with Crippen LogP contribution in [0.4, 0.5) is 5.69 Å². The van der Waals surface area contributed by atoms with Gasteiger partial charge >= 0.3 is 0 Å². The number of anilines is 1. The van der Waals surface area contributed by atoms with Crippen LogP contribution >= 0.6 is 0 Å². The fourth-order valence-electron chi connectivity index (χ4n) is 1.39. The molecule has 0 aromatic heterocycles. The Hall–Kier alpha value is -2.06. The van der Waals surface area contributed by atoms with Crippen LogP contribution < -0.4 is 15.8 Å². The van der Waals surface area contributed by atoms with Gasteiger partial charge in [0.05, 0.1) is 6.04 Å². The molecule has 1 aromatic rings. The third kappa shape index (κ3) is 4.60. The smallest absolute Gasteiger partial charge is 0.241 e. The molecular weight excluding hydrogens is 242 g/mol. The second-order valence-electron chi connectivity index (χ2n) is 5.31. The van der Waals surface area contributed by atoms with Crippen molar-refractivity contribution in [2.75, 3.05) is 11.9 Å². The molecule has 5 nitrogen and oxygen atoms in total. The minimum atomic E-state index is -0.601. The van der Waals surface area contributed by atoms with Crippen molar-refractivity contribution in [3.05, 3.63) is 24.3 Å². The van der Waals surface area contributed by atoms with E-state index in [4.69, 9.17) is 15.7 Å². The van der Waals surface area contributed by atoms with Gasteiger partial charge in [-0.3, -0.25) is 4.79 Å². The van der Waals surface area contributed by atoms with Crippen LogP contribution in [0.5, 0.6) is 5.75 Å². The zero-order chi connectivity index (χ0) is 14.5. The lowest BCUT2D eigenvalue weighted by atomic mass is 9.87. The molecule has 1 rings (SSSR count). The number of hydrogen-bond acceptors (Lipinski definition) is 4. The van der Waals surface area contributed by atoms with Crippen molar-refractivity contribution in [1.29, 1.82) is 5.26 Å². The fraction of sp³-hybridized carbons (Fsp3) is 0.429. The van der Waals surface area contributed by atoms with Gasteiger partial charge in [-0.15, -0.1) is 0 Å². The third-order valence-electron chi connectivity index (χ3n) is 2.62. The standard InChI is InChI=1S/C14H19N3O2/c1-14(2,3)12(16)13(18)17-10-5-4-6-11(9-10)19-8-7-15/h4-6,9,12H,8,16H2,1-3H3,(H,17,18)/t12-/m1/s1. The molecular formula is C14H19N3O2. The van der Waals surface area contributed by atoms with Crippen molar-refractivity contribution in [3.8, 4) is 11.8 Å². The summed E-state index contributed by atoms with van der Waals surface area (Å²) in [4.78, 5) is 12.0. The van der Waals surface area contributed by atoms with E-state index in [0.29, 0.717) is 11.4 Å². The SMILES string of the molecule is CC(C)(C)[C@H](N)C(=O)Nc1cccc(OCC#N)c1. The first kappa shape index (κ1) is 15.0. The summed E-state index contributed by atoms with van der Waals surface area (Å²) in [6.45, 7) is 5.69. The van der Waals surface area contributed by atoms with Gasteiger partial charge in [-0.05, 0) is 17.5 Å². The van der Waals surface area contributed by atoms with Gasteiger partial charge in [0, 0.05) is 11.8 Å². The van der Waals surface area contributed by atoms with Crippen molar-refractivity contribution < 1.29 is 9.53 Å². The van der Waals surface area contributed by atoms with Gasteiger partial charge in [-0.1, -0.05) is 26.8 Å². The lowest BCUT2D eigenvalue weighted by Crippen LogP contribution is -2.45. The van der Waals surface area contributed by atoms with Gasteiger partial charge in [-0.25, -0.2) is 0 Å². The Balaban J connectivity index is 2.72. The Morgan fingerprint density at radius 1 is 1.53 bits per heavy atom. The van der Waals surface area contributed by atoms with Crippen LogP contribution in [0.2, 0.25) is 0 Å². The predicted octanol–water partition coefficient (Wildman–Crippen LogP) is 1.90. The Labute approximate surface area is 113 Å². The van der Waals surface area contributed by atoms with Gasteiger partial charge in [0.2, 0.25) is 5.91 Å². The molecule has 1 atom stereocenters.